The van der Waals surface area contributed by atoms with Crippen molar-refractivity contribution in [3.8, 4) is 0 Å². The smallest absolute Gasteiger partial charge is 0.224 e. The van der Waals surface area contributed by atoms with Crippen LogP contribution in [0.2, 0.25) is 0 Å². The quantitative estimate of drug-likeness (QED) is 0.866. The summed E-state index contributed by atoms with van der Waals surface area (Å²) >= 11 is 0. The maximum atomic E-state index is 13.7. The number of benzene rings is 1. The number of hydrogen-bond donors (Lipinski definition) is 2. The number of rotatable bonds is 5. The second-order valence-electron chi connectivity index (χ2n) is 5.80. The fourth-order valence-corrected chi connectivity index (χ4v) is 2.79. The summed E-state index contributed by atoms with van der Waals surface area (Å²) in [7, 11) is 0. The first-order chi connectivity index (χ1) is 9.60. The molecule has 0 saturated heterocycles. The van der Waals surface area contributed by atoms with Gasteiger partial charge in [0, 0.05) is 24.6 Å². The fourth-order valence-electron chi connectivity index (χ4n) is 2.79. The highest BCUT2D eigenvalue weighted by atomic mass is 19.1. The van der Waals surface area contributed by atoms with Gasteiger partial charge in [0.25, 0.3) is 0 Å². The zero-order chi connectivity index (χ0) is 14.3. The van der Waals surface area contributed by atoms with Crippen molar-refractivity contribution in [1.82, 2.24) is 5.32 Å². The third-order valence-corrected chi connectivity index (χ3v) is 4.26. The van der Waals surface area contributed by atoms with Gasteiger partial charge in [0.15, 0.2) is 0 Å². The third-order valence-electron chi connectivity index (χ3n) is 4.26. The second-order valence-corrected chi connectivity index (χ2v) is 5.80. The van der Waals surface area contributed by atoms with Gasteiger partial charge in [0.2, 0.25) is 5.91 Å². The van der Waals surface area contributed by atoms with E-state index in [9.17, 15) is 13.6 Å². The molecule has 3 atom stereocenters. The number of hydrogen-bond acceptors (Lipinski definition) is 2. The Morgan fingerprint density at radius 3 is 2.75 bits per heavy atom. The summed E-state index contributed by atoms with van der Waals surface area (Å²) in [6, 6.07) is 3.58. The fraction of sp³-hybridized carbons (Fsp3) is 0.533. The Hall–Kier alpha value is -1.49. The molecule has 0 heterocycles. The highest BCUT2D eigenvalue weighted by Gasteiger charge is 2.46. The predicted molar refractivity (Wildman–Crippen MR) is 70.9 cm³/mol. The summed E-state index contributed by atoms with van der Waals surface area (Å²) in [5.41, 5.74) is 6.09. The third kappa shape index (κ3) is 2.68. The van der Waals surface area contributed by atoms with E-state index in [4.69, 9.17) is 5.73 Å². The molecule has 20 heavy (non-hydrogen) atoms. The number of halogens is 2. The number of carbonyl (C=O) groups excluding carboxylic acids is 1. The lowest BCUT2D eigenvalue weighted by molar-refractivity contribution is -0.123. The monoisotopic (exact) mass is 280 g/mol. The Bertz CT molecular complexity index is 531. The summed E-state index contributed by atoms with van der Waals surface area (Å²) in [5.74, 6) is -1.05. The van der Waals surface area contributed by atoms with Crippen LogP contribution in [0.1, 0.15) is 30.7 Å². The van der Waals surface area contributed by atoms with Gasteiger partial charge in [-0.1, -0.05) is 6.07 Å². The lowest BCUT2D eigenvalue weighted by Crippen LogP contribution is -2.42. The van der Waals surface area contributed by atoms with Gasteiger partial charge >= 0.3 is 0 Å². The number of amides is 1. The minimum Gasteiger partial charge on any atom is -0.352 e. The van der Waals surface area contributed by atoms with E-state index in [1.165, 1.54) is 12.1 Å². The number of nitrogens with two attached hydrogens (primary N) is 1. The van der Waals surface area contributed by atoms with Crippen LogP contribution >= 0.6 is 0 Å². The van der Waals surface area contributed by atoms with Gasteiger partial charge in [-0.25, -0.2) is 8.78 Å². The van der Waals surface area contributed by atoms with Gasteiger partial charge in [-0.15, -0.1) is 0 Å². The molecule has 5 heteroatoms. The normalized spacial score (nSPS) is 26.1. The Morgan fingerprint density at radius 1 is 1.40 bits per heavy atom. The van der Waals surface area contributed by atoms with E-state index in [1.807, 2.05) is 0 Å². The van der Waals surface area contributed by atoms with Crippen LogP contribution in [-0.4, -0.2) is 18.5 Å². The Balaban J connectivity index is 1.61. The van der Waals surface area contributed by atoms with Crippen LogP contribution in [0.5, 0.6) is 0 Å². The summed E-state index contributed by atoms with van der Waals surface area (Å²) in [5, 5.41) is 2.96. The lowest BCUT2D eigenvalue weighted by Gasteiger charge is -2.16. The summed E-state index contributed by atoms with van der Waals surface area (Å²) < 4.78 is 26.5. The van der Waals surface area contributed by atoms with Crippen LogP contribution in [-0.2, 0) is 4.79 Å². The first-order valence-corrected chi connectivity index (χ1v) is 7.05. The molecular weight excluding hydrogens is 262 g/mol. The number of carbonyl (C=O) groups is 1. The van der Waals surface area contributed by atoms with E-state index in [0.29, 0.717) is 24.4 Å². The minimum atomic E-state index is -0.593. The first kappa shape index (κ1) is 13.5. The van der Waals surface area contributed by atoms with Crippen LogP contribution in [0.15, 0.2) is 18.2 Å². The van der Waals surface area contributed by atoms with E-state index in [2.05, 4.69) is 5.32 Å². The van der Waals surface area contributed by atoms with Gasteiger partial charge < -0.3 is 11.1 Å². The van der Waals surface area contributed by atoms with Crippen molar-refractivity contribution in [2.24, 2.45) is 17.6 Å². The SMILES string of the molecule is NCC(NC(=O)C1CC1c1ccc(F)cc1F)C1CC1. The molecule has 0 bridgehead atoms. The van der Waals surface area contributed by atoms with Crippen LogP contribution in [0.4, 0.5) is 8.78 Å². The molecular formula is C15H18F2N2O. The van der Waals surface area contributed by atoms with Crippen molar-refractivity contribution in [3.63, 3.8) is 0 Å². The van der Waals surface area contributed by atoms with Crippen molar-refractivity contribution in [3.05, 3.63) is 35.4 Å². The van der Waals surface area contributed by atoms with Crippen molar-refractivity contribution in [1.29, 1.82) is 0 Å². The maximum Gasteiger partial charge on any atom is 0.224 e. The van der Waals surface area contributed by atoms with Crippen molar-refractivity contribution in [2.75, 3.05) is 6.54 Å². The Labute approximate surface area is 116 Å². The minimum absolute atomic E-state index is 0.0433. The van der Waals surface area contributed by atoms with Gasteiger partial charge in [-0.05, 0) is 42.7 Å². The molecule has 3 N–H and O–H groups in total. The van der Waals surface area contributed by atoms with Gasteiger partial charge in [0.1, 0.15) is 11.6 Å². The number of nitrogens with one attached hydrogen (secondary N) is 1. The van der Waals surface area contributed by atoms with Crippen molar-refractivity contribution in [2.45, 2.75) is 31.2 Å². The highest BCUT2D eigenvalue weighted by molar-refractivity contribution is 5.83. The van der Waals surface area contributed by atoms with Gasteiger partial charge in [-0.3, -0.25) is 4.79 Å². The Morgan fingerprint density at radius 2 is 2.15 bits per heavy atom. The molecule has 1 amide bonds. The second kappa shape index (κ2) is 5.13. The van der Waals surface area contributed by atoms with Gasteiger partial charge in [0.05, 0.1) is 0 Å². The van der Waals surface area contributed by atoms with E-state index < -0.39 is 11.6 Å². The summed E-state index contributed by atoms with van der Waals surface area (Å²) in [4.78, 5) is 12.1. The predicted octanol–water partition coefficient (Wildman–Crippen LogP) is 1.92. The average molecular weight is 280 g/mol. The highest BCUT2D eigenvalue weighted by Crippen LogP contribution is 2.48. The molecule has 2 saturated carbocycles. The molecule has 0 aliphatic heterocycles. The molecule has 0 aromatic heterocycles. The standard InChI is InChI=1S/C15H18F2N2O/c16-9-3-4-10(13(17)5-9)11-6-12(11)15(20)19-14(7-18)8-1-2-8/h3-5,8,11-12,14H,1-2,6-7,18H2,(H,19,20). The van der Waals surface area contributed by atoms with E-state index in [-0.39, 0.29) is 23.8 Å². The molecule has 3 nitrogen and oxygen atoms in total. The zero-order valence-electron chi connectivity index (χ0n) is 11.1. The van der Waals surface area contributed by atoms with Crippen LogP contribution in [0.3, 0.4) is 0 Å². The molecule has 2 aliphatic carbocycles. The molecule has 0 spiro atoms. The molecule has 2 aliphatic rings. The van der Waals surface area contributed by atoms with E-state index in [0.717, 1.165) is 18.9 Å². The molecule has 2 fully saturated rings. The molecule has 0 radical (unpaired) electrons. The van der Waals surface area contributed by atoms with Crippen molar-refractivity contribution < 1.29 is 13.6 Å². The van der Waals surface area contributed by atoms with Crippen LogP contribution in [0, 0.1) is 23.5 Å². The topological polar surface area (TPSA) is 55.1 Å². The largest absolute Gasteiger partial charge is 0.352 e. The van der Waals surface area contributed by atoms with Crippen molar-refractivity contribution >= 4 is 5.91 Å². The van der Waals surface area contributed by atoms with E-state index in [1.54, 1.807) is 0 Å². The molecule has 3 rings (SSSR count). The Kier molecular flexibility index (Phi) is 3.46. The van der Waals surface area contributed by atoms with Crippen LogP contribution in [0.25, 0.3) is 0 Å². The first-order valence-electron chi connectivity index (χ1n) is 7.05. The average Bonchev–Trinajstić information content (AvgIpc) is 3.26. The summed E-state index contributed by atoms with van der Waals surface area (Å²) in [6.45, 7) is 0.443. The zero-order valence-corrected chi connectivity index (χ0v) is 11.1. The van der Waals surface area contributed by atoms with Gasteiger partial charge in [-0.2, -0.15) is 0 Å². The molecule has 1 aromatic carbocycles. The van der Waals surface area contributed by atoms with Crippen LogP contribution < -0.4 is 11.1 Å². The lowest BCUT2D eigenvalue weighted by atomic mass is 10.1. The molecule has 1 aromatic rings. The maximum absolute atomic E-state index is 13.7. The molecule has 108 valence electrons. The molecule has 3 unspecified atom stereocenters. The van der Waals surface area contributed by atoms with E-state index >= 15 is 0 Å². The summed E-state index contributed by atoms with van der Waals surface area (Å²) in [6.07, 6.45) is 2.85.